The van der Waals surface area contributed by atoms with Crippen molar-refractivity contribution in [2.45, 2.75) is 39.3 Å². The van der Waals surface area contributed by atoms with Gasteiger partial charge in [0.2, 0.25) is 0 Å². The monoisotopic (exact) mass is 194 g/mol. The quantitative estimate of drug-likeness (QED) is 0.773. The Balaban J connectivity index is 2.75. The van der Waals surface area contributed by atoms with E-state index >= 15 is 0 Å². The van der Waals surface area contributed by atoms with E-state index in [-0.39, 0.29) is 6.04 Å². The van der Waals surface area contributed by atoms with Gasteiger partial charge in [0.15, 0.2) is 0 Å². The van der Waals surface area contributed by atoms with Crippen molar-refractivity contribution in [3.8, 4) is 0 Å². The summed E-state index contributed by atoms with van der Waals surface area (Å²) in [6.07, 6.45) is 1.76. The molecular formula is C11H18N2O. The summed E-state index contributed by atoms with van der Waals surface area (Å²) in [5, 5.41) is 13.0. The molecule has 3 nitrogen and oxygen atoms in total. The third-order valence-corrected chi connectivity index (χ3v) is 2.44. The summed E-state index contributed by atoms with van der Waals surface area (Å²) in [5.74, 6) is 0. The molecule has 0 saturated carbocycles. The van der Waals surface area contributed by atoms with Crippen LogP contribution in [0.3, 0.4) is 0 Å². The Kier molecular flexibility index (Phi) is 3.11. The molecule has 0 saturated heterocycles. The summed E-state index contributed by atoms with van der Waals surface area (Å²) >= 11 is 0. The number of aromatic nitrogens is 1. The summed E-state index contributed by atoms with van der Waals surface area (Å²) in [6, 6.07) is 3.84. The number of pyridine rings is 1. The maximum atomic E-state index is 9.76. The smallest absolute Gasteiger partial charge is 0.0789 e. The van der Waals surface area contributed by atoms with Crippen molar-refractivity contribution in [3.63, 3.8) is 0 Å². The fraction of sp³-hybridized carbons (Fsp3) is 0.545. The van der Waals surface area contributed by atoms with Crippen LogP contribution >= 0.6 is 0 Å². The first-order chi connectivity index (χ1) is 6.41. The number of rotatable bonds is 3. The van der Waals surface area contributed by atoms with Gasteiger partial charge in [0.25, 0.3) is 0 Å². The molecule has 0 aliphatic carbocycles. The van der Waals surface area contributed by atoms with Crippen LogP contribution in [0, 0.1) is 6.92 Å². The zero-order valence-corrected chi connectivity index (χ0v) is 9.20. The van der Waals surface area contributed by atoms with Gasteiger partial charge in [0, 0.05) is 6.20 Å². The van der Waals surface area contributed by atoms with Crippen molar-refractivity contribution in [1.82, 2.24) is 4.98 Å². The third kappa shape index (κ3) is 2.70. The summed E-state index contributed by atoms with van der Waals surface area (Å²) in [7, 11) is 0. The molecule has 1 heterocycles. The first-order valence-electron chi connectivity index (χ1n) is 4.82. The fourth-order valence-electron chi connectivity index (χ4n) is 1.05. The first kappa shape index (κ1) is 11.0. The van der Waals surface area contributed by atoms with Gasteiger partial charge in [-0.1, -0.05) is 0 Å². The molecule has 0 fully saturated rings. The second-order valence-corrected chi connectivity index (χ2v) is 4.16. The largest absolute Gasteiger partial charge is 0.388 e. The van der Waals surface area contributed by atoms with E-state index in [1.807, 2.05) is 26.0 Å². The molecule has 3 heteroatoms. The van der Waals surface area contributed by atoms with Crippen molar-refractivity contribution in [2.24, 2.45) is 0 Å². The topological polar surface area (TPSA) is 45.2 Å². The molecule has 2 N–H and O–H groups in total. The highest BCUT2D eigenvalue weighted by molar-refractivity contribution is 5.47. The molecule has 0 aromatic carbocycles. The molecule has 1 rings (SSSR count). The molecule has 0 spiro atoms. The van der Waals surface area contributed by atoms with Crippen molar-refractivity contribution < 1.29 is 5.11 Å². The minimum absolute atomic E-state index is 0.00889. The Morgan fingerprint density at radius 3 is 2.64 bits per heavy atom. The van der Waals surface area contributed by atoms with Crippen LogP contribution in [0.15, 0.2) is 18.3 Å². The van der Waals surface area contributed by atoms with Gasteiger partial charge in [-0.05, 0) is 39.8 Å². The van der Waals surface area contributed by atoms with Gasteiger partial charge in [0.05, 0.1) is 23.0 Å². The zero-order chi connectivity index (χ0) is 10.8. The van der Waals surface area contributed by atoms with Gasteiger partial charge in [-0.3, -0.25) is 4.98 Å². The fourth-order valence-corrected chi connectivity index (χ4v) is 1.05. The van der Waals surface area contributed by atoms with Gasteiger partial charge in [-0.15, -0.1) is 0 Å². The van der Waals surface area contributed by atoms with Crippen LogP contribution in [0.2, 0.25) is 0 Å². The maximum Gasteiger partial charge on any atom is 0.0789 e. The number of hydrogen-bond donors (Lipinski definition) is 2. The average Bonchev–Trinajstić information content (AvgIpc) is 2.07. The minimum Gasteiger partial charge on any atom is -0.388 e. The molecule has 0 aliphatic rings. The first-order valence-corrected chi connectivity index (χ1v) is 4.82. The van der Waals surface area contributed by atoms with Gasteiger partial charge < -0.3 is 10.4 Å². The molecule has 14 heavy (non-hydrogen) atoms. The molecule has 0 bridgehead atoms. The number of aliphatic hydroxyl groups is 1. The number of anilines is 1. The number of nitrogens with one attached hydrogen (secondary N) is 1. The highest BCUT2D eigenvalue weighted by atomic mass is 16.3. The maximum absolute atomic E-state index is 9.76. The van der Waals surface area contributed by atoms with E-state index in [2.05, 4.69) is 10.3 Å². The lowest BCUT2D eigenvalue weighted by molar-refractivity contribution is 0.0649. The van der Waals surface area contributed by atoms with Crippen LogP contribution in [-0.2, 0) is 0 Å². The zero-order valence-electron chi connectivity index (χ0n) is 9.20. The van der Waals surface area contributed by atoms with E-state index in [0.29, 0.717) is 0 Å². The van der Waals surface area contributed by atoms with E-state index < -0.39 is 5.60 Å². The molecule has 78 valence electrons. The molecule has 1 unspecified atom stereocenters. The lowest BCUT2D eigenvalue weighted by atomic mass is 10.0. The standard InChI is InChI=1S/C11H18N2O/c1-8-10(6-5-7-12-8)13-9(2)11(3,4)14/h5-7,9,13-14H,1-4H3. The summed E-state index contributed by atoms with van der Waals surface area (Å²) in [4.78, 5) is 4.17. The predicted molar refractivity (Wildman–Crippen MR) is 58.4 cm³/mol. The molecular weight excluding hydrogens is 176 g/mol. The lowest BCUT2D eigenvalue weighted by Gasteiger charge is -2.28. The van der Waals surface area contributed by atoms with Crippen LogP contribution in [-0.4, -0.2) is 21.7 Å². The minimum atomic E-state index is -0.734. The Morgan fingerprint density at radius 2 is 2.14 bits per heavy atom. The Hall–Kier alpha value is -1.09. The van der Waals surface area contributed by atoms with E-state index in [1.54, 1.807) is 20.0 Å². The average molecular weight is 194 g/mol. The van der Waals surface area contributed by atoms with Crippen molar-refractivity contribution in [2.75, 3.05) is 5.32 Å². The molecule has 0 amide bonds. The highest BCUT2D eigenvalue weighted by Gasteiger charge is 2.22. The van der Waals surface area contributed by atoms with Crippen LogP contribution in [0.25, 0.3) is 0 Å². The van der Waals surface area contributed by atoms with Crippen LogP contribution in [0.1, 0.15) is 26.5 Å². The highest BCUT2D eigenvalue weighted by Crippen LogP contribution is 2.17. The number of aryl methyl sites for hydroxylation is 1. The van der Waals surface area contributed by atoms with Crippen molar-refractivity contribution >= 4 is 5.69 Å². The van der Waals surface area contributed by atoms with Crippen molar-refractivity contribution in [3.05, 3.63) is 24.0 Å². The SMILES string of the molecule is Cc1ncccc1NC(C)C(C)(C)O. The third-order valence-electron chi connectivity index (χ3n) is 2.44. The Bertz CT molecular complexity index is 304. The van der Waals surface area contributed by atoms with E-state index in [0.717, 1.165) is 11.4 Å². The Labute approximate surface area is 85.2 Å². The van der Waals surface area contributed by atoms with Gasteiger partial charge in [0.1, 0.15) is 0 Å². The lowest BCUT2D eigenvalue weighted by Crippen LogP contribution is -2.39. The van der Waals surface area contributed by atoms with Crippen LogP contribution < -0.4 is 5.32 Å². The summed E-state index contributed by atoms with van der Waals surface area (Å²) in [6.45, 7) is 7.47. The molecule has 0 radical (unpaired) electrons. The molecule has 1 atom stereocenters. The number of nitrogens with zero attached hydrogens (tertiary/aromatic N) is 1. The van der Waals surface area contributed by atoms with Gasteiger partial charge >= 0.3 is 0 Å². The van der Waals surface area contributed by atoms with Gasteiger partial charge in [-0.25, -0.2) is 0 Å². The van der Waals surface area contributed by atoms with E-state index in [1.165, 1.54) is 0 Å². The van der Waals surface area contributed by atoms with Gasteiger partial charge in [-0.2, -0.15) is 0 Å². The van der Waals surface area contributed by atoms with Crippen LogP contribution in [0.4, 0.5) is 5.69 Å². The van der Waals surface area contributed by atoms with E-state index in [4.69, 9.17) is 0 Å². The molecule has 1 aromatic rings. The summed E-state index contributed by atoms with van der Waals surface area (Å²) in [5.41, 5.74) is 1.19. The predicted octanol–water partition coefficient (Wildman–Crippen LogP) is 1.96. The van der Waals surface area contributed by atoms with E-state index in [9.17, 15) is 5.11 Å². The molecule has 1 aromatic heterocycles. The second-order valence-electron chi connectivity index (χ2n) is 4.16. The van der Waals surface area contributed by atoms with Crippen LogP contribution in [0.5, 0.6) is 0 Å². The number of hydrogen-bond acceptors (Lipinski definition) is 3. The van der Waals surface area contributed by atoms with Crippen molar-refractivity contribution in [1.29, 1.82) is 0 Å². The second kappa shape index (κ2) is 3.96. The molecule has 0 aliphatic heterocycles. The normalized spacial score (nSPS) is 13.8. The Morgan fingerprint density at radius 1 is 1.50 bits per heavy atom. The summed E-state index contributed by atoms with van der Waals surface area (Å²) < 4.78 is 0.